The minimum absolute atomic E-state index is 0.0403. The highest BCUT2D eigenvalue weighted by Crippen LogP contribution is 2.30. The van der Waals surface area contributed by atoms with E-state index in [9.17, 15) is 4.79 Å². The summed E-state index contributed by atoms with van der Waals surface area (Å²) in [6, 6.07) is 15.2. The normalized spacial score (nSPS) is 13.6. The molecule has 0 unspecified atom stereocenters. The zero-order valence-electron chi connectivity index (χ0n) is 18.1. The van der Waals surface area contributed by atoms with Gasteiger partial charge >= 0.3 is 0 Å². The highest BCUT2D eigenvalue weighted by molar-refractivity contribution is 6.33. The van der Waals surface area contributed by atoms with Gasteiger partial charge in [0.15, 0.2) is 0 Å². The van der Waals surface area contributed by atoms with E-state index in [-0.39, 0.29) is 11.8 Å². The van der Waals surface area contributed by atoms with E-state index in [4.69, 9.17) is 26.3 Å². The molecule has 0 N–H and O–H groups in total. The minimum atomic E-state index is -0.0403. The molecule has 1 aliphatic rings. The number of rotatable bonds is 4. The van der Waals surface area contributed by atoms with Crippen molar-refractivity contribution < 1.29 is 9.53 Å². The van der Waals surface area contributed by atoms with Gasteiger partial charge < -0.3 is 9.64 Å². The Morgan fingerprint density at radius 1 is 1.03 bits per heavy atom. The molecule has 4 rings (SSSR count). The van der Waals surface area contributed by atoms with Gasteiger partial charge in [0, 0.05) is 42.2 Å². The molecule has 1 amide bonds. The molecule has 160 valence electrons. The number of hydrogen-bond donors (Lipinski definition) is 0. The number of nitrogens with zero attached hydrogens (tertiary/aromatic N) is 3. The first-order chi connectivity index (χ1) is 15.0. The number of halogens is 1. The molecule has 2 heterocycles. The maximum Gasteiger partial charge on any atom is 0.255 e. The molecule has 5 nitrogen and oxygen atoms in total. The van der Waals surface area contributed by atoms with Crippen LogP contribution in [0.1, 0.15) is 47.2 Å². The Morgan fingerprint density at radius 3 is 2.42 bits per heavy atom. The lowest BCUT2D eigenvalue weighted by molar-refractivity contribution is 0.0763. The lowest BCUT2D eigenvalue weighted by Gasteiger charge is -2.20. The van der Waals surface area contributed by atoms with Gasteiger partial charge in [-0.15, -0.1) is 0 Å². The quantitative estimate of drug-likeness (QED) is 0.567. The Morgan fingerprint density at radius 2 is 1.74 bits per heavy atom. The average molecular weight is 436 g/mol. The number of ether oxygens (including phenoxy) is 1. The first kappa shape index (κ1) is 21.3. The van der Waals surface area contributed by atoms with Crippen molar-refractivity contribution in [2.24, 2.45) is 0 Å². The van der Waals surface area contributed by atoms with Crippen molar-refractivity contribution in [2.75, 3.05) is 20.2 Å². The summed E-state index contributed by atoms with van der Waals surface area (Å²) >= 11 is 6.27. The first-order valence-electron chi connectivity index (χ1n) is 10.6. The van der Waals surface area contributed by atoms with E-state index in [2.05, 4.69) is 13.8 Å². The molecular weight excluding hydrogens is 410 g/mol. The van der Waals surface area contributed by atoms with Crippen molar-refractivity contribution in [3.63, 3.8) is 0 Å². The van der Waals surface area contributed by atoms with E-state index in [1.165, 1.54) is 0 Å². The van der Waals surface area contributed by atoms with Gasteiger partial charge in [0.05, 0.1) is 23.4 Å². The molecule has 3 aromatic rings. The summed E-state index contributed by atoms with van der Waals surface area (Å²) in [6.07, 6.45) is 1.39. The van der Waals surface area contributed by atoms with Crippen LogP contribution in [-0.4, -0.2) is 41.0 Å². The third-order valence-electron chi connectivity index (χ3n) is 5.63. The fraction of sp³-hybridized carbons (Fsp3) is 0.320. The largest absolute Gasteiger partial charge is 0.497 e. The second-order valence-corrected chi connectivity index (χ2v) is 8.42. The van der Waals surface area contributed by atoms with Crippen LogP contribution in [0.5, 0.6) is 5.75 Å². The number of hydrogen-bond acceptors (Lipinski definition) is 4. The smallest absolute Gasteiger partial charge is 0.255 e. The number of methoxy groups -OCH3 is 1. The molecule has 1 aliphatic heterocycles. The molecular formula is C25H26ClN3O2. The van der Waals surface area contributed by atoms with Gasteiger partial charge in [-0.05, 0) is 42.8 Å². The van der Waals surface area contributed by atoms with Gasteiger partial charge in [-0.1, -0.05) is 37.6 Å². The number of amides is 1. The molecule has 0 fully saturated rings. The van der Waals surface area contributed by atoms with E-state index in [1.54, 1.807) is 19.2 Å². The van der Waals surface area contributed by atoms with Crippen molar-refractivity contribution in [3.05, 3.63) is 76.2 Å². The third-order valence-corrected chi connectivity index (χ3v) is 5.96. The Bertz CT molecular complexity index is 1100. The second-order valence-electron chi connectivity index (χ2n) is 8.01. The molecule has 6 heteroatoms. The van der Waals surface area contributed by atoms with E-state index in [0.717, 1.165) is 34.1 Å². The maximum atomic E-state index is 13.1. The lowest BCUT2D eigenvalue weighted by atomic mass is 10.00. The van der Waals surface area contributed by atoms with Crippen molar-refractivity contribution in [1.29, 1.82) is 0 Å². The number of aromatic nitrogens is 2. The summed E-state index contributed by atoms with van der Waals surface area (Å²) in [5.74, 6) is 1.81. The summed E-state index contributed by atoms with van der Waals surface area (Å²) < 4.78 is 5.30. The van der Waals surface area contributed by atoms with Gasteiger partial charge in [0.25, 0.3) is 5.91 Å². The van der Waals surface area contributed by atoms with Crippen LogP contribution in [0.3, 0.4) is 0 Å². The van der Waals surface area contributed by atoms with Gasteiger partial charge in [0.2, 0.25) is 0 Å². The summed E-state index contributed by atoms with van der Waals surface area (Å²) in [5, 5.41) is 0.482. The van der Waals surface area contributed by atoms with E-state index >= 15 is 0 Å². The van der Waals surface area contributed by atoms with Gasteiger partial charge in [-0.25, -0.2) is 9.97 Å². The number of fused-ring (bicyclic) bond motifs is 1. The maximum absolute atomic E-state index is 13.1. The Hall–Kier alpha value is -2.92. The zero-order valence-corrected chi connectivity index (χ0v) is 18.8. The molecule has 0 saturated heterocycles. The summed E-state index contributed by atoms with van der Waals surface area (Å²) in [7, 11) is 1.66. The van der Waals surface area contributed by atoms with Gasteiger partial charge in [-0.2, -0.15) is 0 Å². The van der Waals surface area contributed by atoms with Crippen LogP contribution in [0.25, 0.3) is 11.3 Å². The SMILES string of the molecule is COc1ccc(-c2nc(C(C)C)nc3c2CCN(C(=O)c2ccccc2Cl)CC3)cc1. The molecule has 0 atom stereocenters. The Balaban J connectivity index is 1.69. The zero-order chi connectivity index (χ0) is 22.0. The highest BCUT2D eigenvalue weighted by atomic mass is 35.5. The van der Waals surface area contributed by atoms with Crippen LogP contribution < -0.4 is 4.74 Å². The number of benzene rings is 2. The predicted molar refractivity (Wildman–Crippen MR) is 123 cm³/mol. The van der Waals surface area contributed by atoms with Crippen LogP contribution in [-0.2, 0) is 12.8 Å². The van der Waals surface area contributed by atoms with E-state index < -0.39 is 0 Å². The van der Waals surface area contributed by atoms with Crippen molar-refractivity contribution in [2.45, 2.75) is 32.6 Å². The first-order valence-corrected chi connectivity index (χ1v) is 10.9. The fourth-order valence-electron chi connectivity index (χ4n) is 3.87. The van der Waals surface area contributed by atoms with Crippen molar-refractivity contribution in [1.82, 2.24) is 14.9 Å². The van der Waals surface area contributed by atoms with E-state index in [0.29, 0.717) is 36.5 Å². The highest BCUT2D eigenvalue weighted by Gasteiger charge is 2.25. The monoisotopic (exact) mass is 435 g/mol. The van der Waals surface area contributed by atoms with Crippen LogP contribution in [0.2, 0.25) is 5.02 Å². The molecule has 0 bridgehead atoms. The van der Waals surface area contributed by atoms with Crippen LogP contribution in [0.15, 0.2) is 48.5 Å². The minimum Gasteiger partial charge on any atom is -0.497 e. The topological polar surface area (TPSA) is 55.3 Å². The summed E-state index contributed by atoms with van der Waals surface area (Å²) in [6.45, 7) is 5.41. The molecule has 31 heavy (non-hydrogen) atoms. The third kappa shape index (κ3) is 4.42. The van der Waals surface area contributed by atoms with Crippen LogP contribution >= 0.6 is 11.6 Å². The van der Waals surface area contributed by atoms with Gasteiger partial charge in [-0.3, -0.25) is 4.79 Å². The van der Waals surface area contributed by atoms with Crippen molar-refractivity contribution >= 4 is 17.5 Å². The van der Waals surface area contributed by atoms with E-state index in [1.807, 2.05) is 41.3 Å². The standard InChI is InChI=1S/C25H26ClN3O2/c1-16(2)24-27-22-13-15-29(25(30)19-6-4-5-7-21(19)26)14-12-20(22)23(28-24)17-8-10-18(31-3)11-9-17/h4-11,16H,12-15H2,1-3H3. The van der Waals surface area contributed by atoms with Crippen LogP contribution in [0, 0.1) is 0 Å². The molecule has 2 aromatic carbocycles. The predicted octanol–water partition coefficient (Wildman–Crippen LogP) is 5.17. The summed E-state index contributed by atoms with van der Waals surface area (Å²) in [5.41, 5.74) is 4.66. The Labute approximate surface area is 188 Å². The van der Waals surface area contributed by atoms with Crippen molar-refractivity contribution in [3.8, 4) is 17.0 Å². The summed E-state index contributed by atoms with van der Waals surface area (Å²) in [4.78, 5) is 24.8. The molecule has 1 aromatic heterocycles. The number of carbonyl (C=O) groups is 1. The fourth-order valence-corrected chi connectivity index (χ4v) is 4.09. The second kappa shape index (κ2) is 9.06. The average Bonchev–Trinajstić information content (AvgIpc) is 3.01. The molecule has 0 radical (unpaired) electrons. The Kier molecular flexibility index (Phi) is 6.23. The lowest BCUT2D eigenvalue weighted by Crippen LogP contribution is -2.33. The molecule has 0 saturated carbocycles. The van der Waals surface area contributed by atoms with Gasteiger partial charge in [0.1, 0.15) is 11.6 Å². The molecule has 0 spiro atoms. The molecule has 0 aliphatic carbocycles. The van der Waals surface area contributed by atoms with Crippen LogP contribution in [0.4, 0.5) is 0 Å². The number of carbonyl (C=O) groups excluding carboxylic acids is 1.